The van der Waals surface area contributed by atoms with Gasteiger partial charge in [0.25, 0.3) is 0 Å². The van der Waals surface area contributed by atoms with Crippen LogP contribution < -0.4 is 11.1 Å². The molecule has 5 heteroatoms. The van der Waals surface area contributed by atoms with Crippen LogP contribution in [0.15, 0.2) is 60.7 Å². The second-order valence-corrected chi connectivity index (χ2v) is 6.42. The van der Waals surface area contributed by atoms with Crippen molar-refractivity contribution in [3.05, 3.63) is 71.8 Å². The summed E-state index contributed by atoms with van der Waals surface area (Å²) in [5.41, 5.74) is 8.16. The molecule has 2 unspecified atom stereocenters. The normalized spacial score (nSPS) is 18.2. The fourth-order valence-corrected chi connectivity index (χ4v) is 3.08. The number of nitrogens with zero attached hydrogens (tertiary/aromatic N) is 1. The lowest BCUT2D eigenvalue weighted by atomic mass is 10.1. The summed E-state index contributed by atoms with van der Waals surface area (Å²) >= 11 is 0. The van der Waals surface area contributed by atoms with Crippen LogP contribution >= 0.6 is 0 Å². The Kier molecular flexibility index (Phi) is 5.46. The van der Waals surface area contributed by atoms with Gasteiger partial charge in [0.1, 0.15) is 0 Å². The summed E-state index contributed by atoms with van der Waals surface area (Å²) in [6.45, 7) is 1.37. The van der Waals surface area contributed by atoms with E-state index < -0.39 is 0 Å². The summed E-state index contributed by atoms with van der Waals surface area (Å²) in [7, 11) is 0. The van der Waals surface area contributed by atoms with Crippen LogP contribution in [0.5, 0.6) is 0 Å². The quantitative estimate of drug-likeness (QED) is 0.845. The fraction of sp³-hybridized carbons (Fsp3) is 0.300. The Labute approximate surface area is 147 Å². The lowest BCUT2D eigenvalue weighted by Gasteiger charge is -2.17. The van der Waals surface area contributed by atoms with Crippen LogP contribution in [0.2, 0.25) is 0 Å². The molecule has 2 aromatic rings. The van der Waals surface area contributed by atoms with E-state index in [-0.39, 0.29) is 30.2 Å². The van der Waals surface area contributed by atoms with E-state index in [2.05, 4.69) is 5.32 Å². The van der Waals surface area contributed by atoms with Gasteiger partial charge in [0.15, 0.2) is 0 Å². The van der Waals surface area contributed by atoms with Gasteiger partial charge in [0.2, 0.25) is 11.8 Å². The van der Waals surface area contributed by atoms with Crippen LogP contribution in [-0.2, 0) is 16.1 Å². The van der Waals surface area contributed by atoms with E-state index >= 15 is 0 Å². The SMILES string of the molecule is NC(CNC(=O)C1CC(=O)N(Cc2ccccc2)C1)c1ccccc1. The van der Waals surface area contributed by atoms with Gasteiger partial charge in [-0.15, -0.1) is 0 Å². The number of carbonyl (C=O) groups is 2. The van der Waals surface area contributed by atoms with Crippen LogP contribution in [0.1, 0.15) is 23.6 Å². The monoisotopic (exact) mass is 337 g/mol. The first-order valence-corrected chi connectivity index (χ1v) is 8.53. The first kappa shape index (κ1) is 17.2. The molecule has 2 atom stereocenters. The molecule has 1 saturated heterocycles. The fourth-order valence-electron chi connectivity index (χ4n) is 3.08. The molecule has 0 bridgehead atoms. The van der Waals surface area contributed by atoms with Crippen LogP contribution in [0.4, 0.5) is 0 Å². The van der Waals surface area contributed by atoms with Gasteiger partial charge in [0, 0.05) is 32.1 Å². The number of carbonyl (C=O) groups excluding carboxylic acids is 2. The molecule has 3 N–H and O–H groups in total. The number of hydrogen-bond acceptors (Lipinski definition) is 3. The van der Waals surface area contributed by atoms with Crippen molar-refractivity contribution < 1.29 is 9.59 Å². The molecular weight excluding hydrogens is 314 g/mol. The van der Waals surface area contributed by atoms with Crippen molar-refractivity contribution in [2.45, 2.75) is 19.0 Å². The molecule has 2 amide bonds. The molecule has 1 heterocycles. The Bertz CT molecular complexity index is 718. The lowest BCUT2D eigenvalue weighted by Crippen LogP contribution is -2.37. The molecule has 5 nitrogen and oxygen atoms in total. The Morgan fingerprint density at radius 3 is 2.44 bits per heavy atom. The first-order valence-electron chi connectivity index (χ1n) is 8.53. The predicted molar refractivity (Wildman–Crippen MR) is 96.3 cm³/mol. The van der Waals surface area contributed by atoms with E-state index in [1.165, 1.54) is 0 Å². The summed E-state index contributed by atoms with van der Waals surface area (Å²) < 4.78 is 0. The highest BCUT2D eigenvalue weighted by molar-refractivity contribution is 5.89. The average Bonchev–Trinajstić information content (AvgIpc) is 3.01. The van der Waals surface area contributed by atoms with Crippen molar-refractivity contribution in [3.63, 3.8) is 0 Å². The van der Waals surface area contributed by atoms with E-state index in [0.29, 0.717) is 19.6 Å². The van der Waals surface area contributed by atoms with Gasteiger partial charge in [-0.3, -0.25) is 9.59 Å². The summed E-state index contributed by atoms with van der Waals surface area (Å²) in [5.74, 6) is -0.383. The number of rotatable bonds is 6. The second-order valence-electron chi connectivity index (χ2n) is 6.42. The lowest BCUT2D eigenvalue weighted by molar-refractivity contribution is -0.129. The minimum atomic E-state index is -0.306. The van der Waals surface area contributed by atoms with Crippen LogP contribution in [0, 0.1) is 5.92 Å². The van der Waals surface area contributed by atoms with E-state index in [0.717, 1.165) is 11.1 Å². The first-order chi connectivity index (χ1) is 12.1. The molecule has 2 aromatic carbocycles. The van der Waals surface area contributed by atoms with E-state index in [9.17, 15) is 9.59 Å². The molecule has 0 aliphatic carbocycles. The molecule has 1 fully saturated rings. The van der Waals surface area contributed by atoms with Crippen molar-refractivity contribution in [3.8, 4) is 0 Å². The number of nitrogens with two attached hydrogens (primary N) is 1. The minimum Gasteiger partial charge on any atom is -0.354 e. The van der Waals surface area contributed by atoms with Crippen molar-refractivity contribution >= 4 is 11.8 Å². The van der Waals surface area contributed by atoms with Gasteiger partial charge in [-0.1, -0.05) is 60.7 Å². The molecule has 25 heavy (non-hydrogen) atoms. The summed E-state index contributed by atoms with van der Waals surface area (Å²) in [6, 6.07) is 19.2. The minimum absolute atomic E-state index is 0.0244. The number of amides is 2. The Balaban J connectivity index is 1.51. The Morgan fingerprint density at radius 2 is 1.76 bits per heavy atom. The third kappa shape index (κ3) is 4.45. The van der Waals surface area contributed by atoms with Gasteiger partial charge < -0.3 is 16.0 Å². The molecule has 1 aliphatic rings. The highest BCUT2D eigenvalue weighted by Crippen LogP contribution is 2.20. The standard InChI is InChI=1S/C20H23N3O2/c21-18(16-9-5-2-6-10-16)12-22-20(25)17-11-19(24)23(14-17)13-15-7-3-1-4-8-15/h1-10,17-18H,11-14,21H2,(H,22,25). The number of benzene rings is 2. The Morgan fingerprint density at radius 1 is 1.12 bits per heavy atom. The van der Waals surface area contributed by atoms with E-state index in [1.807, 2.05) is 60.7 Å². The van der Waals surface area contributed by atoms with E-state index in [1.54, 1.807) is 4.90 Å². The van der Waals surface area contributed by atoms with Crippen LogP contribution in [0.25, 0.3) is 0 Å². The maximum atomic E-state index is 12.4. The maximum absolute atomic E-state index is 12.4. The average molecular weight is 337 g/mol. The summed E-state index contributed by atoms with van der Waals surface area (Å²) in [6.07, 6.45) is 0.263. The zero-order valence-electron chi connectivity index (χ0n) is 14.1. The van der Waals surface area contributed by atoms with Crippen molar-refractivity contribution in [1.82, 2.24) is 10.2 Å². The van der Waals surface area contributed by atoms with Gasteiger partial charge in [0.05, 0.1) is 5.92 Å². The number of nitrogens with one attached hydrogen (secondary N) is 1. The molecule has 0 spiro atoms. The van der Waals surface area contributed by atoms with Gasteiger partial charge >= 0.3 is 0 Å². The van der Waals surface area contributed by atoms with Gasteiger partial charge in [-0.05, 0) is 11.1 Å². The maximum Gasteiger partial charge on any atom is 0.225 e. The molecule has 3 rings (SSSR count). The summed E-state index contributed by atoms with van der Waals surface area (Å²) in [4.78, 5) is 26.3. The molecule has 130 valence electrons. The van der Waals surface area contributed by atoms with Gasteiger partial charge in [-0.2, -0.15) is 0 Å². The predicted octanol–water partition coefficient (Wildman–Crippen LogP) is 1.85. The number of hydrogen-bond donors (Lipinski definition) is 2. The third-order valence-electron chi connectivity index (χ3n) is 4.53. The third-order valence-corrected chi connectivity index (χ3v) is 4.53. The summed E-state index contributed by atoms with van der Waals surface area (Å²) in [5, 5.41) is 2.88. The molecule has 1 aliphatic heterocycles. The van der Waals surface area contributed by atoms with Gasteiger partial charge in [-0.25, -0.2) is 0 Å². The molecule has 0 saturated carbocycles. The van der Waals surface area contributed by atoms with Crippen LogP contribution in [0.3, 0.4) is 0 Å². The highest BCUT2D eigenvalue weighted by Gasteiger charge is 2.34. The van der Waals surface area contributed by atoms with Crippen molar-refractivity contribution in [2.24, 2.45) is 11.7 Å². The largest absolute Gasteiger partial charge is 0.354 e. The van der Waals surface area contributed by atoms with Crippen LogP contribution in [-0.4, -0.2) is 29.8 Å². The second kappa shape index (κ2) is 7.94. The highest BCUT2D eigenvalue weighted by atomic mass is 16.2. The van der Waals surface area contributed by atoms with Crippen molar-refractivity contribution in [1.29, 1.82) is 0 Å². The molecular formula is C20H23N3O2. The Hall–Kier alpha value is -2.66. The smallest absolute Gasteiger partial charge is 0.225 e. The zero-order chi connectivity index (χ0) is 17.6. The van der Waals surface area contributed by atoms with E-state index in [4.69, 9.17) is 5.73 Å². The molecule has 0 radical (unpaired) electrons. The van der Waals surface area contributed by atoms with Crippen molar-refractivity contribution in [2.75, 3.05) is 13.1 Å². The topological polar surface area (TPSA) is 75.4 Å². The zero-order valence-corrected chi connectivity index (χ0v) is 14.1. The molecule has 0 aromatic heterocycles. The number of likely N-dealkylation sites (tertiary alicyclic amines) is 1.